The second-order valence-electron chi connectivity index (χ2n) is 5.65. The molecule has 0 aliphatic carbocycles. The fourth-order valence-electron chi connectivity index (χ4n) is 2.77. The molecule has 0 spiro atoms. The summed E-state index contributed by atoms with van der Waals surface area (Å²) in [5.41, 5.74) is 7.86. The van der Waals surface area contributed by atoms with Crippen LogP contribution in [-0.2, 0) is 0 Å². The van der Waals surface area contributed by atoms with Gasteiger partial charge in [0.25, 0.3) is 5.89 Å². The average molecular weight is 417 g/mol. The van der Waals surface area contributed by atoms with Crippen molar-refractivity contribution in [2.75, 3.05) is 11.1 Å². The number of fused-ring (bicyclic) bond motifs is 1. The van der Waals surface area contributed by atoms with Gasteiger partial charge in [0.15, 0.2) is 5.71 Å². The first-order chi connectivity index (χ1) is 12.5. The molecule has 26 heavy (non-hydrogen) atoms. The third-order valence-electron chi connectivity index (χ3n) is 4.02. The zero-order chi connectivity index (χ0) is 18.3. The van der Waals surface area contributed by atoms with Gasteiger partial charge in [0.2, 0.25) is 0 Å². The number of hydrogen-bond donors (Lipinski definition) is 2. The predicted octanol–water partition coefficient (Wildman–Crippen LogP) is 3.41. The molecule has 1 aromatic heterocycles. The molecule has 3 heterocycles. The van der Waals surface area contributed by atoms with Crippen LogP contribution in [0.1, 0.15) is 12.8 Å². The Kier molecular flexibility index (Phi) is 4.08. The van der Waals surface area contributed by atoms with Crippen LogP contribution < -0.4 is 11.1 Å². The summed E-state index contributed by atoms with van der Waals surface area (Å²) < 4.78 is 20.3. The minimum absolute atomic E-state index is 0.0647. The van der Waals surface area contributed by atoms with Crippen molar-refractivity contribution in [3.8, 4) is 0 Å². The summed E-state index contributed by atoms with van der Waals surface area (Å²) in [6, 6.07) is 4.61. The molecule has 3 N–H and O–H groups in total. The number of nitrogens with two attached hydrogens (primary N) is 1. The highest BCUT2D eigenvalue weighted by Gasteiger charge is 2.31. The van der Waals surface area contributed by atoms with E-state index in [4.69, 9.17) is 10.2 Å². The lowest BCUT2D eigenvalue weighted by Crippen LogP contribution is -2.31. The normalized spacial score (nSPS) is 20.2. The Morgan fingerprint density at radius 3 is 2.92 bits per heavy atom. The topological polar surface area (TPSA) is 92.6 Å². The van der Waals surface area contributed by atoms with Crippen molar-refractivity contribution in [2.45, 2.75) is 13.0 Å². The highest BCUT2D eigenvalue weighted by molar-refractivity contribution is 9.10. The van der Waals surface area contributed by atoms with Crippen molar-refractivity contribution in [3.63, 3.8) is 0 Å². The fraction of sp³-hybridized carbons (Fsp3) is 0.118. The minimum Gasteiger partial charge on any atom is -0.402 e. The number of nitrogen functional groups attached to an aromatic ring is 1. The molecule has 0 saturated carbocycles. The second kappa shape index (κ2) is 6.41. The van der Waals surface area contributed by atoms with Crippen LogP contribution in [0, 0.1) is 5.82 Å². The molecule has 2 aliphatic heterocycles. The lowest BCUT2D eigenvalue weighted by atomic mass is 10.0. The van der Waals surface area contributed by atoms with E-state index in [1.165, 1.54) is 6.07 Å². The van der Waals surface area contributed by atoms with Gasteiger partial charge in [-0.15, -0.1) is 5.10 Å². The Labute approximate surface area is 156 Å². The number of benzene rings is 1. The zero-order valence-electron chi connectivity index (χ0n) is 13.6. The van der Waals surface area contributed by atoms with Crippen LogP contribution in [0.15, 0.2) is 67.9 Å². The molecule has 132 valence electrons. The summed E-state index contributed by atoms with van der Waals surface area (Å²) in [5.74, 6) is -0.248. The van der Waals surface area contributed by atoms with Crippen molar-refractivity contribution >= 4 is 33.3 Å². The summed E-state index contributed by atoms with van der Waals surface area (Å²) in [6.07, 6.45) is 7.75. The van der Waals surface area contributed by atoms with Crippen LogP contribution in [0.5, 0.6) is 0 Å². The van der Waals surface area contributed by atoms with Crippen molar-refractivity contribution in [1.82, 2.24) is 15.2 Å². The van der Waals surface area contributed by atoms with Gasteiger partial charge in [0, 0.05) is 10.7 Å². The molecule has 1 aromatic carbocycles. The molecule has 0 saturated heterocycles. The van der Waals surface area contributed by atoms with E-state index in [0.29, 0.717) is 21.6 Å². The van der Waals surface area contributed by atoms with Crippen LogP contribution in [0.25, 0.3) is 0 Å². The number of allylic oxidation sites excluding steroid dienone is 2. The first kappa shape index (κ1) is 16.5. The Hall–Kier alpha value is -2.94. The number of hydrazone groups is 1. The number of aromatic nitrogens is 2. The van der Waals surface area contributed by atoms with Gasteiger partial charge in [-0.2, -0.15) is 5.10 Å². The van der Waals surface area contributed by atoms with Crippen molar-refractivity contribution in [1.29, 1.82) is 0 Å². The maximum absolute atomic E-state index is 14.3. The van der Waals surface area contributed by atoms with E-state index in [9.17, 15) is 4.39 Å². The van der Waals surface area contributed by atoms with Gasteiger partial charge in [-0.1, -0.05) is 27.1 Å². The highest BCUT2D eigenvalue weighted by Crippen LogP contribution is 2.30. The van der Waals surface area contributed by atoms with Gasteiger partial charge in [0.1, 0.15) is 5.82 Å². The lowest BCUT2D eigenvalue weighted by molar-refractivity contribution is 0.384. The largest absolute Gasteiger partial charge is 0.402 e. The molecular weight excluding hydrogens is 403 g/mol. The molecule has 1 atom stereocenters. The molecule has 0 unspecified atom stereocenters. The van der Waals surface area contributed by atoms with Gasteiger partial charge >= 0.3 is 6.01 Å². The van der Waals surface area contributed by atoms with Gasteiger partial charge in [0.05, 0.1) is 17.4 Å². The number of nitrogens with zero attached hydrogens (tertiary/aromatic N) is 4. The monoisotopic (exact) mass is 416 g/mol. The molecular formula is C17H14BrFN6O. The first-order valence-electron chi connectivity index (χ1n) is 7.80. The quantitative estimate of drug-likeness (QED) is 0.796. The van der Waals surface area contributed by atoms with Gasteiger partial charge in [-0.25, -0.2) is 4.39 Å². The van der Waals surface area contributed by atoms with Crippen LogP contribution in [0.3, 0.4) is 0 Å². The van der Waals surface area contributed by atoms with E-state index in [2.05, 4.69) is 36.5 Å². The fourth-order valence-corrected chi connectivity index (χ4v) is 3.11. The van der Waals surface area contributed by atoms with Crippen molar-refractivity contribution in [3.05, 3.63) is 70.1 Å². The van der Waals surface area contributed by atoms with Crippen LogP contribution >= 0.6 is 15.9 Å². The standard InChI is InChI=1S/C17H14BrFN6O/c1-2-9-5-6-25-14(9)8-13(15(24-25)16-22-23-17(20)26-16)21-12-4-3-10(18)7-11(12)19/h2-8,14,21H,1H3,(H2,20,23)/b9-2-/t14-/m0/s1. The maximum atomic E-state index is 14.3. The SMILES string of the molecule is C/C=C1/C=CN2N=C(c3nnc(N)o3)C(Nc3ccc(Br)cc3F)=C[C@@H]12. The third kappa shape index (κ3) is 2.90. The van der Waals surface area contributed by atoms with Gasteiger partial charge in [-0.3, -0.25) is 5.01 Å². The van der Waals surface area contributed by atoms with E-state index in [1.807, 2.05) is 31.4 Å². The van der Waals surface area contributed by atoms with Crippen molar-refractivity contribution < 1.29 is 8.81 Å². The Morgan fingerprint density at radius 2 is 2.23 bits per heavy atom. The number of halogens is 2. The number of anilines is 2. The maximum Gasteiger partial charge on any atom is 0.313 e. The molecule has 2 aliphatic rings. The van der Waals surface area contributed by atoms with E-state index in [1.54, 1.807) is 17.1 Å². The predicted molar refractivity (Wildman–Crippen MR) is 99.6 cm³/mol. The second-order valence-corrected chi connectivity index (χ2v) is 6.57. The van der Waals surface area contributed by atoms with Crippen molar-refractivity contribution in [2.24, 2.45) is 5.10 Å². The Bertz CT molecular complexity index is 993. The highest BCUT2D eigenvalue weighted by atomic mass is 79.9. The molecule has 0 fully saturated rings. The smallest absolute Gasteiger partial charge is 0.313 e. The third-order valence-corrected chi connectivity index (χ3v) is 4.51. The number of rotatable bonds is 3. The minimum atomic E-state index is -0.400. The molecule has 4 rings (SSSR count). The molecule has 9 heteroatoms. The van der Waals surface area contributed by atoms with E-state index in [-0.39, 0.29) is 17.9 Å². The summed E-state index contributed by atoms with van der Waals surface area (Å²) in [4.78, 5) is 0. The molecule has 2 aromatic rings. The Balaban J connectivity index is 1.76. The lowest BCUT2D eigenvalue weighted by Gasteiger charge is -2.26. The molecule has 0 radical (unpaired) electrons. The summed E-state index contributed by atoms with van der Waals surface area (Å²) in [6.45, 7) is 1.95. The van der Waals surface area contributed by atoms with Gasteiger partial charge in [-0.05, 0) is 42.8 Å². The average Bonchev–Trinajstić information content (AvgIpc) is 3.22. The molecule has 0 amide bonds. The summed E-state index contributed by atoms with van der Waals surface area (Å²) in [5, 5.41) is 17.0. The number of hydrogen-bond acceptors (Lipinski definition) is 7. The summed E-state index contributed by atoms with van der Waals surface area (Å²) in [7, 11) is 0. The van der Waals surface area contributed by atoms with E-state index in [0.717, 1.165) is 5.57 Å². The van der Waals surface area contributed by atoms with Gasteiger partial charge < -0.3 is 15.5 Å². The van der Waals surface area contributed by atoms with Crippen LogP contribution in [-0.4, -0.2) is 27.0 Å². The first-order valence-corrected chi connectivity index (χ1v) is 8.59. The Morgan fingerprint density at radius 1 is 1.38 bits per heavy atom. The summed E-state index contributed by atoms with van der Waals surface area (Å²) >= 11 is 3.25. The van der Waals surface area contributed by atoms with Crippen LogP contribution in [0.4, 0.5) is 16.1 Å². The van der Waals surface area contributed by atoms with Crippen LogP contribution in [0.2, 0.25) is 0 Å². The molecule has 0 bridgehead atoms. The zero-order valence-corrected chi connectivity index (χ0v) is 15.2. The molecule has 7 nitrogen and oxygen atoms in total. The van der Waals surface area contributed by atoms with E-state index < -0.39 is 5.82 Å². The van der Waals surface area contributed by atoms with E-state index >= 15 is 0 Å². The number of nitrogens with one attached hydrogen (secondary N) is 1.